The first kappa shape index (κ1) is 13.1. The largest absolute Gasteiger partial charge is 0.371 e. The number of anilines is 2. The van der Waals surface area contributed by atoms with Gasteiger partial charge in [-0.2, -0.15) is 0 Å². The molecule has 1 aliphatic heterocycles. The minimum Gasteiger partial charge on any atom is -0.371 e. The zero-order valence-corrected chi connectivity index (χ0v) is 12.1. The Labute approximate surface area is 121 Å². The third-order valence-electron chi connectivity index (χ3n) is 3.43. The molecule has 0 unspecified atom stereocenters. The number of aromatic nitrogens is 1. The van der Waals surface area contributed by atoms with Gasteiger partial charge in [-0.1, -0.05) is 12.1 Å². The second-order valence-corrected chi connectivity index (χ2v) is 5.64. The average molecular weight is 288 g/mol. The molecule has 2 heterocycles. The molecule has 3 rings (SSSR count). The number of nitrogens with zero attached hydrogens (tertiary/aromatic N) is 3. The Hall–Kier alpha value is -1.92. The number of carbonyl (C=O) groups excluding carboxylic acids is 1. The van der Waals surface area contributed by atoms with E-state index in [1.165, 1.54) is 11.3 Å². The van der Waals surface area contributed by atoms with Gasteiger partial charge >= 0.3 is 0 Å². The number of benzene rings is 1. The van der Waals surface area contributed by atoms with Crippen LogP contribution in [0.15, 0.2) is 29.6 Å². The first-order chi connectivity index (χ1) is 9.70. The van der Waals surface area contributed by atoms with Crippen LogP contribution in [0.1, 0.15) is 15.5 Å². The molecule has 2 N–H and O–H groups in total. The van der Waals surface area contributed by atoms with E-state index < -0.39 is 0 Å². The van der Waals surface area contributed by atoms with Crippen LogP contribution in [-0.4, -0.2) is 31.0 Å². The number of amides is 1. The zero-order chi connectivity index (χ0) is 14.1. The van der Waals surface area contributed by atoms with Gasteiger partial charge in [0.25, 0.3) is 5.91 Å². The van der Waals surface area contributed by atoms with Crippen molar-refractivity contribution in [3.8, 4) is 0 Å². The van der Waals surface area contributed by atoms with Gasteiger partial charge in [0.2, 0.25) is 0 Å². The lowest BCUT2D eigenvalue weighted by atomic mass is 10.1. The van der Waals surface area contributed by atoms with E-state index in [9.17, 15) is 4.79 Å². The van der Waals surface area contributed by atoms with Gasteiger partial charge in [-0.3, -0.25) is 4.79 Å². The molecule has 1 aromatic heterocycles. The predicted molar refractivity (Wildman–Crippen MR) is 81.4 cm³/mol. The van der Waals surface area contributed by atoms with Crippen molar-refractivity contribution in [1.82, 2.24) is 4.98 Å². The van der Waals surface area contributed by atoms with Gasteiger partial charge in [-0.25, -0.2) is 4.98 Å². The molecule has 1 aromatic carbocycles. The summed E-state index contributed by atoms with van der Waals surface area (Å²) in [6.07, 6.45) is 0. The van der Waals surface area contributed by atoms with Crippen LogP contribution in [0.25, 0.3) is 0 Å². The molecule has 0 aliphatic carbocycles. The molecule has 5 nitrogen and oxygen atoms in total. The fourth-order valence-electron chi connectivity index (χ4n) is 2.36. The topological polar surface area (TPSA) is 62.5 Å². The molecule has 0 saturated heterocycles. The highest BCUT2D eigenvalue weighted by Crippen LogP contribution is 2.32. The van der Waals surface area contributed by atoms with Crippen LogP contribution >= 0.6 is 11.3 Å². The highest BCUT2D eigenvalue weighted by atomic mass is 32.1. The van der Waals surface area contributed by atoms with Crippen molar-refractivity contribution < 1.29 is 4.79 Å². The smallest absolute Gasteiger partial charge is 0.277 e. The van der Waals surface area contributed by atoms with Gasteiger partial charge in [-0.15, -0.1) is 11.3 Å². The zero-order valence-electron chi connectivity index (χ0n) is 11.2. The van der Waals surface area contributed by atoms with Gasteiger partial charge in [0.05, 0.1) is 11.4 Å². The number of hydrogen-bond donors (Lipinski definition) is 1. The van der Waals surface area contributed by atoms with Crippen LogP contribution in [0.4, 0.5) is 11.4 Å². The van der Waals surface area contributed by atoms with Crippen LogP contribution in [-0.2, 0) is 6.54 Å². The van der Waals surface area contributed by atoms with Gasteiger partial charge in [0.1, 0.15) is 10.7 Å². The fourth-order valence-corrected chi connectivity index (χ4v) is 3.01. The highest BCUT2D eigenvalue weighted by molar-refractivity contribution is 7.09. The monoisotopic (exact) mass is 288 g/mol. The SMILES string of the molecule is CN1CCN(C(=O)c2csc(CN)n2)c2ccccc21. The second kappa shape index (κ2) is 5.22. The first-order valence-electron chi connectivity index (χ1n) is 6.47. The van der Waals surface area contributed by atoms with Crippen molar-refractivity contribution in [3.05, 3.63) is 40.3 Å². The number of rotatable bonds is 2. The van der Waals surface area contributed by atoms with Crippen LogP contribution in [0.2, 0.25) is 0 Å². The number of para-hydroxylation sites is 2. The summed E-state index contributed by atoms with van der Waals surface area (Å²) >= 11 is 1.43. The molecular weight excluding hydrogens is 272 g/mol. The van der Waals surface area contributed by atoms with Crippen molar-refractivity contribution in [3.63, 3.8) is 0 Å². The Bertz CT molecular complexity index is 640. The van der Waals surface area contributed by atoms with Gasteiger partial charge < -0.3 is 15.5 Å². The molecule has 0 spiro atoms. The average Bonchev–Trinajstić information content (AvgIpc) is 2.96. The summed E-state index contributed by atoms with van der Waals surface area (Å²) in [5.74, 6) is -0.0542. The lowest BCUT2D eigenvalue weighted by Crippen LogP contribution is -2.42. The van der Waals surface area contributed by atoms with Gasteiger partial charge in [-0.05, 0) is 12.1 Å². The minimum absolute atomic E-state index is 0.0542. The molecule has 1 aliphatic rings. The van der Waals surface area contributed by atoms with E-state index in [1.807, 2.05) is 31.3 Å². The van der Waals surface area contributed by atoms with E-state index in [0.29, 0.717) is 18.8 Å². The molecule has 0 atom stereocenters. The summed E-state index contributed by atoms with van der Waals surface area (Å²) in [6, 6.07) is 7.93. The Morgan fingerprint density at radius 3 is 2.80 bits per heavy atom. The summed E-state index contributed by atoms with van der Waals surface area (Å²) in [5, 5.41) is 2.57. The maximum Gasteiger partial charge on any atom is 0.277 e. The highest BCUT2D eigenvalue weighted by Gasteiger charge is 2.26. The standard InChI is InChI=1S/C14H16N4OS/c1-17-6-7-18(12-5-3-2-4-11(12)17)14(19)10-9-20-13(8-15)16-10/h2-5,9H,6-8,15H2,1H3. The van der Waals surface area contributed by atoms with Crippen LogP contribution < -0.4 is 15.5 Å². The van der Waals surface area contributed by atoms with Gasteiger partial charge in [0, 0.05) is 32.1 Å². The predicted octanol–water partition coefficient (Wildman–Crippen LogP) is 1.70. The van der Waals surface area contributed by atoms with Crippen LogP contribution in [0, 0.1) is 0 Å². The number of hydrogen-bond acceptors (Lipinski definition) is 5. The van der Waals surface area contributed by atoms with Gasteiger partial charge in [0.15, 0.2) is 0 Å². The molecule has 20 heavy (non-hydrogen) atoms. The first-order valence-corrected chi connectivity index (χ1v) is 7.35. The van der Waals surface area contributed by atoms with E-state index in [2.05, 4.69) is 9.88 Å². The number of likely N-dealkylation sites (N-methyl/N-ethyl adjacent to an activating group) is 1. The van der Waals surface area contributed by atoms with E-state index >= 15 is 0 Å². The fraction of sp³-hybridized carbons (Fsp3) is 0.286. The Balaban J connectivity index is 1.95. The summed E-state index contributed by atoms with van der Waals surface area (Å²) in [7, 11) is 2.04. The maximum atomic E-state index is 12.6. The van der Waals surface area contributed by atoms with Crippen molar-refractivity contribution in [2.45, 2.75) is 6.54 Å². The third kappa shape index (κ3) is 2.17. The van der Waals surface area contributed by atoms with Crippen LogP contribution in [0.3, 0.4) is 0 Å². The van der Waals surface area contributed by atoms with E-state index in [1.54, 1.807) is 10.3 Å². The van der Waals surface area contributed by atoms with E-state index in [0.717, 1.165) is 22.9 Å². The normalized spacial score (nSPS) is 14.3. The van der Waals surface area contributed by atoms with Crippen molar-refractivity contribution in [1.29, 1.82) is 0 Å². The molecule has 104 valence electrons. The van der Waals surface area contributed by atoms with Crippen molar-refractivity contribution >= 4 is 28.6 Å². The number of fused-ring (bicyclic) bond motifs is 1. The number of thiazole rings is 1. The molecule has 2 aromatic rings. The molecular formula is C14H16N4OS. The molecule has 0 radical (unpaired) electrons. The van der Waals surface area contributed by atoms with E-state index in [-0.39, 0.29) is 5.91 Å². The summed E-state index contributed by atoms with van der Waals surface area (Å²) in [5.41, 5.74) is 8.04. The van der Waals surface area contributed by atoms with Crippen molar-refractivity contribution in [2.24, 2.45) is 5.73 Å². The number of carbonyl (C=O) groups is 1. The molecule has 0 bridgehead atoms. The quantitative estimate of drug-likeness (QED) is 0.913. The molecule has 0 fully saturated rings. The number of nitrogens with two attached hydrogens (primary N) is 1. The molecule has 1 amide bonds. The summed E-state index contributed by atoms with van der Waals surface area (Å²) < 4.78 is 0. The maximum absolute atomic E-state index is 12.6. The Morgan fingerprint density at radius 1 is 1.35 bits per heavy atom. The lowest BCUT2D eigenvalue weighted by Gasteiger charge is -2.35. The summed E-state index contributed by atoms with van der Waals surface area (Å²) in [4.78, 5) is 20.8. The van der Waals surface area contributed by atoms with E-state index in [4.69, 9.17) is 5.73 Å². The minimum atomic E-state index is -0.0542. The molecule has 6 heteroatoms. The second-order valence-electron chi connectivity index (χ2n) is 4.70. The Morgan fingerprint density at radius 2 is 2.10 bits per heavy atom. The van der Waals surface area contributed by atoms with Crippen molar-refractivity contribution in [2.75, 3.05) is 29.9 Å². The molecule has 0 saturated carbocycles. The third-order valence-corrected chi connectivity index (χ3v) is 4.30. The Kier molecular flexibility index (Phi) is 3.42. The lowest BCUT2D eigenvalue weighted by molar-refractivity contribution is 0.0982. The summed E-state index contributed by atoms with van der Waals surface area (Å²) in [6.45, 7) is 1.86. The van der Waals surface area contributed by atoms with Crippen LogP contribution in [0.5, 0.6) is 0 Å².